The Morgan fingerprint density at radius 1 is 0.750 bits per heavy atom. The smallest absolute Gasteiger partial charge is 0.146 e. The van der Waals surface area contributed by atoms with Crippen molar-refractivity contribution < 1.29 is 30.2 Å². The molecule has 6 N–H and O–H groups in total. The van der Waals surface area contributed by atoms with E-state index in [2.05, 4.69) is 0 Å². The number of hydrogen-bond acceptors (Lipinski definition) is 6. The molecular weight excluding hydrogens is 206 g/mol. The Morgan fingerprint density at radius 3 is 1.42 bits per heavy atom. The van der Waals surface area contributed by atoms with Crippen LogP contribution in [-0.2, 0) is 0 Å². The zero-order chi connectivity index (χ0) is 9.46. The molecule has 0 unspecified atom stereocenters. The van der Waals surface area contributed by atoms with Crippen LogP contribution in [0.15, 0.2) is 0 Å². The summed E-state index contributed by atoms with van der Waals surface area (Å²) in [6.45, 7) is 0. The molecule has 12 heavy (non-hydrogen) atoms. The average Bonchev–Trinajstić information content (AvgIpc) is 2.08. The zero-order valence-corrected chi connectivity index (χ0v) is 7.68. The van der Waals surface area contributed by atoms with Crippen LogP contribution in [0.3, 0.4) is 0 Å². The van der Waals surface area contributed by atoms with Gasteiger partial charge in [0.05, 0.1) is 16.3 Å². The molecule has 0 aromatic carbocycles. The molecular formula is C4H10O6P2. The molecule has 0 aromatic rings. The summed E-state index contributed by atoms with van der Waals surface area (Å²) in [5.74, 6) is -3.12. The molecule has 1 aliphatic heterocycles. The second-order valence-electron chi connectivity index (χ2n) is 2.42. The Morgan fingerprint density at radius 2 is 1.08 bits per heavy atom. The lowest BCUT2D eigenvalue weighted by Crippen LogP contribution is -2.42. The van der Waals surface area contributed by atoms with E-state index in [1.807, 2.05) is 0 Å². The Kier molecular flexibility index (Phi) is 3.37. The first-order valence-electron chi connectivity index (χ1n) is 3.13. The fourth-order valence-electron chi connectivity index (χ4n) is 0.861. The van der Waals surface area contributed by atoms with Crippen molar-refractivity contribution in [2.45, 2.75) is 23.4 Å². The van der Waals surface area contributed by atoms with Crippen molar-refractivity contribution in [2.75, 3.05) is 0 Å². The maximum absolute atomic E-state index is 9.05. The quantitative estimate of drug-likeness (QED) is 0.262. The number of aliphatic hydroxyl groups excluding tert-OH is 4. The third kappa shape index (κ3) is 1.62. The van der Waals surface area contributed by atoms with Crippen molar-refractivity contribution in [3.05, 3.63) is 0 Å². The lowest BCUT2D eigenvalue weighted by Gasteiger charge is -2.38. The van der Waals surface area contributed by atoms with Crippen LogP contribution < -0.4 is 0 Å². The first kappa shape index (κ1) is 10.7. The van der Waals surface area contributed by atoms with Crippen LogP contribution >= 0.6 is 16.3 Å². The Labute approximate surface area is 70.8 Å². The molecule has 0 aliphatic carbocycles. The fraction of sp³-hybridized carbons (Fsp3) is 1.00. The summed E-state index contributed by atoms with van der Waals surface area (Å²) >= 11 is 0. The highest BCUT2D eigenvalue weighted by Gasteiger charge is 2.48. The van der Waals surface area contributed by atoms with Gasteiger partial charge in [-0.05, 0) is 0 Å². The molecule has 0 radical (unpaired) electrons. The predicted molar refractivity (Wildman–Crippen MR) is 42.3 cm³/mol. The summed E-state index contributed by atoms with van der Waals surface area (Å²) in [4.78, 5) is 18.1. The van der Waals surface area contributed by atoms with E-state index in [4.69, 9.17) is 30.2 Å². The fourth-order valence-corrected chi connectivity index (χ4v) is 4.28. The van der Waals surface area contributed by atoms with E-state index in [9.17, 15) is 0 Å². The van der Waals surface area contributed by atoms with Crippen LogP contribution in [0.2, 0.25) is 0 Å². The van der Waals surface area contributed by atoms with Crippen LogP contribution in [-0.4, -0.2) is 53.6 Å². The van der Waals surface area contributed by atoms with Gasteiger partial charge in [0.1, 0.15) is 23.4 Å². The molecule has 0 spiro atoms. The molecule has 6 atom stereocenters. The third-order valence-electron chi connectivity index (χ3n) is 1.63. The molecule has 0 saturated carbocycles. The van der Waals surface area contributed by atoms with E-state index in [0.29, 0.717) is 0 Å². The molecule has 1 rings (SSSR count). The van der Waals surface area contributed by atoms with Crippen molar-refractivity contribution >= 4 is 16.3 Å². The first-order chi connectivity index (χ1) is 5.46. The normalized spacial score (nSPS) is 55.5. The summed E-state index contributed by atoms with van der Waals surface area (Å²) in [6, 6.07) is 0. The van der Waals surface area contributed by atoms with Crippen molar-refractivity contribution in [1.82, 2.24) is 0 Å². The van der Waals surface area contributed by atoms with Crippen LogP contribution in [0.4, 0.5) is 0 Å². The van der Waals surface area contributed by atoms with Crippen molar-refractivity contribution in [1.29, 1.82) is 0 Å². The third-order valence-corrected chi connectivity index (χ3v) is 5.69. The maximum atomic E-state index is 9.05. The van der Waals surface area contributed by atoms with Gasteiger partial charge in [0, 0.05) is 0 Å². The topological polar surface area (TPSA) is 121 Å². The molecule has 0 amide bonds. The largest absolute Gasteiger partial charge is 0.387 e. The lowest BCUT2D eigenvalue weighted by molar-refractivity contribution is -0.00538. The minimum absolute atomic E-state index is 1.51. The van der Waals surface area contributed by atoms with E-state index < -0.39 is 39.7 Å². The predicted octanol–water partition coefficient (Wildman–Crippen LogP) is -1.95. The minimum Gasteiger partial charge on any atom is -0.387 e. The second kappa shape index (κ2) is 3.78. The highest BCUT2D eigenvalue weighted by molar-refractivity contribution is 7.71. The highest BCUT2D eigenvalue weighted by Crippen LogP contribution is 2.62. The monoisotopic (exact) mass is 216 g/mol. The zero-order valence-electron chi connectivity index (χ0n) is 5.89. The SMILES string of the molecule is O[C@@H]1[C@@H](O)[P@@](O)[C@@H](O)[P@](O)[C@H]1O. The van der Waals surface area contributed by atoms with Crippen molar-refractivity contribution in [3.63, 3.8) is 0 Å². The van der Waals surface area contributed by atoms with Gasteiger partial charge in [0.2, 0.25) is 0 Å². The molecule has 1 saturated heterocycles. The van der Waals surface area contributed by atoms with Gasteiger partial charge < -0.3 is 30.2 Å². The van der Waals surface area contributed by atoms with Gasteiger partial charge >= 0.3 is 0 Å². The van der Waals surface area contributed by atoms with E-state index in [1.165, 1.54) is 0 Å². The van der Waals surface area contributed by atoms with Gasteiger partial charge in [0.25, 0.3) is 0 Å². The van der Waals surface area contributed by atoms with Crippen LogP contribution in [0.1, 0.15) is 0 Å². The first-order valence-corrected chi connectivity index (χ1v) is 6.00. The Hall–Kier alpha value is 0.620. The van der Waals surface area contributed by atoms with Gasteiger partial charge in [0.15, 0.2) is 0 Å². The van der Waals surface area contributed by atoms with E-state index in [0.717, 1.165) is 0 Å². The van der Waals surface area contributed by atoms with Gasteiger partial charge in [-0.1, -0.05) is 0 Å². The van der Waals surface area contributed by atoms with E-state index in [-0.39, 0.29) is 0 Å². The summed E-state index contributed by atoms with van der Waals surface area (Å²) in [6.07, 6.45) is -1.58. The lowest BCUT2D eigenvalue weighted by atomic mass is 10.4. The molecule has 6 nitrogen and oxygen atoms in total. The molecule has 0 bridgehead atoms. The Balaban J connectivity index is 2.76. The molecule has 1 fully saturated rings. The van der Waals surface area contributed by atoms with Gasteiger partial charge in [-0.25, -0.2) is 0 Å². The standard InChI is InChI=1S/C4H10O6P2/c5-1-2(6)11(9)4(8)12(10)3(1)7/h1-10H/t1-,2+,3-,4-,11-,12-/m1/s1. The second-order valence-corrected chi connectivity index (χ2v) is 6.39. The van der Waals surface area contributed by atoms with Crippen molar-refractivity contribution in [2.24, 2.45) is 0 Å². The average molecular weight is 216 g/mol. The maximum Gasteiger partial charge on any atom is 0.146 e. The summed E-state index contributed by atoms with van der Waals surface area (Å²) < 4.78 is 0. The van der Waals surface area contributed by atoms with Crippen molar-refractivity contribution in [3.8, 4) is 0 Å². The summed E-state index contributed by atoms with van der Waals surface area (Å²) in [5.41, 5.74) is -1.51. The molecule has 1 heterocycles. The number of aliphatic hydroxyl groups is 4. The highest BCUT2D eigenvalue weighted by atomic mass is 31.2. The van der Waals surface area contributed by atoms with Gasteiger partial charge in [-0.3, -0.25) is 0 Å². The molecule has 0 aromatic heterocycles. The van der Waals surface area contributed by atoms with E-state index >= 15 is 0 Å². The molecule has 1 aliphatic rings. The Bertz CT molecular complexity index is 109. The summed E-state index contributed by atoms with van der Waals surface area (Å²) in [5, 5.41) is 36.1. The number of rotatable bonds is 0. The van der Waals surface area contributed by atoms with Crippen LogP contribution in [0, 0.1) is 0 Å². The van der Waals surface area contributed by atoms with E-state index in [1.54, 1.807) is 0 Å². The van der Waals surface area contributed by atoms with Crippen LogP contribution in [0.5, 0.6) is 0 Å². The number of hydrogen-bond donors (Lipinski definition) is 6. The molecule has 72 valence electrons. The van der Waals surface area contributed by atoms with Gasteiger partial charge in [-0.15, -0.1) is 0 Å². The minimum atomic E-state index is -2.24. The summed E-state index contributed by atoms with van der Waals surface area (Å²) in [7, 11) is -4.48. The molecule has 8 heteroatoms. The van der Waals surface area contributed by atoms with Gasteiger partial charge in [-0.2, -0.15) is 0 Å². The van der Waals surface area contributed by atoms with Crippen LogP contribution in [0.25, 0.3) is 0 Å².